The van der Waals surface area contributed by atoms with Crippen LogP contribution in [-0.4, -0.2) is 11.0 Å². The van der Waals surface area contributed by atoms with Crippen molar-refractivity contribution in [2.24, 2.45) is 0 Å². The number of carbonyl (C=O) groups is 1. The van der Waals surface area contributed by atoms with Crippen LogP contribution < -0.4 is 5.32 Å². The van der Waals surface area contributed by atoms with Crippen molar-refractivity contribution in [1.82, 2.24) is 0 Å². The van der Waals surface area contributed by atoms with E-state index >= 15 is 0 Å². The first kappa shape index (κ1) is 12.6. The fraction of sp³-hybridized carbons (Fsp3) is 0.0714. The molecule has 3 nitrogen and oxygen atoms in total. The average molecular weight is 306 g/mol. The van der Waals surface area contributed by atoms with Gasteiger partial charge in [0, 0.05) is 16.6 Å². The minimum absolute atomic E-state index is 0.146. The van der Waals surface area contributed by atoms with Crippen molar-refractivity contribution in [3.05, 3.63) is 59.7 Å². The minimum atomic E-state index is -0.193. The lowest BCUT2D eigenvalue weighted by atomic mass is 10.2. The Morgan fingerprint density at radius 1 is 1.17 bits per heavy atom. The molecule has 0 unspecified atom stereocenters. The van der Waals surface area contributed by atoms with Crippen molar-refractivity contribution >= 4 is 27.5 Å². The van der Waals surface area contributed by atoms with Gasteiger partial charge in [0.05, 0.1) is 0 Å². The molecule has 0 aliphatic rings. The van der Waals surface area contributed by atoms with E-state index in [1.54, 1.807) is 12.1 Å². The number of phenolic OH excluding ortho intramolecular Hbond substituents is 1. The van der Waals surface area contributed by atoms with Crippen LogP contribution in [0.5, 0.6) is 5.75 Å². The summed E-state index contributed by atoms with van der Waals surface area (Å²) in [4.78, 5) is 11.9. The molecule has 2 aromatic carbocycles. The maximum atomic E-state index is 11.9. The lowest BCUT2D eigenvalue weighted by Gasteiger charge is -2.06. The number of aromatic hydroxyl groups is 1. The summed E-state index contributed by atoms with van der Waals surface area (Å²) in [5.41, 5.74) is 2.36. The minimum Gasteiger partial charge on any atom is -0.508 e. The molecule has 92 valence electrons. The number of anilines is 1. The van der Waals surface area contributed by atoms with Gasteiger partial charge in [-0.25, -0.2) is 0 Å². The van der Waals surface area contributed by atoms with Crippen LogP contribution in [0.4, 0.5) is 5.69 Å². The molecule has 2 rings (SSSR count). The van der Waals surface area contributed by atoms with Crippen molar-refractivity contribution < 1.29 is 9.90 Å². The number of benzene rings is 2. The smallest absolute Gasteiger partial charge is 0.255 e. The fourth-order valence-corrected chi connectivity index (χ4v) is 1.90. The monoisotopic (exact) mass is 305 g/mol. The third kappa shape index (κ3) is 3.11. The molecule has 0 spiro atoms. The van der Waals surface area contributed by atoms with E-state index < -0.39 is 0 Å². The highest BCUT2D eigenvalue weighted by Crippen LogP contribution is 2.15. The number of halogens is 1. The van der Waals surface area contributed by atoms with Crippen molar-refractivity contribution in [2.75, 3.05) is 5.32 Å². The van der Waals surface area contributed by atoms with Crippen LogP contribution in [0.25, 0.3) is 0 Å². The molecule has 0 aliphatic carbocycles. The van der Waals surface area contributed by atoms with E-state index in [1.165, 1.54) is 12.1 Å². The van der Waals surface area contributed by atoms with Gasteiger partial charge in [-0.3, -0.25) is 4.79 Å². The zero-order valence-corrected chi connectivity index (χ0v) is 11.1. The molecule has 0 heterocycles. The summed E-state index contributed by atoms with van der Waals surface area (Å²) in [6, 6.07) is 13.8. The molecular weight excluding hydrogens is 294 g/mol. The zero-order valence-electron chi connectivity index (χ0n) is 9.56. The molecular formula is C14H12BrNO2. The number of phenols is 1. The van der Waals surface area contributed by atoms with Gasteiger partial charge in [-0.1, -0.05) is 28.1 Å². The molecule has 18 heavy (non-hydrogen) atoms. The van der Waals surface area contributed by atoms with Gasteiger partial charge in [0.1, 0.15) is 5.75 Å². The van der Waals surface area contributed by atoms with Gasteiger partial charge < -0.3 is 10.4 Å². The summed E-state index contributed by atoms with van der Waals surface area (Å²) < 4.78 is 0. The first-order valence-corrected chi connectivity index (χ1v) is 6.56. The van der Waals surface area contributed by atoms with Gasteiger partial charge in [0.2, 0.25) is 0 Å². The predicted octanol–water partition coefficient (Wildman–Crippen LogP) is 3.54. The van der Waals surface area contributed by atoms with Crippen molar-refractivity contribution in [3.63, 3.8) is 0 Å². The van der Waals surface area contributed by atoms with Crippen molar-refractivity contribution in [1.29, 1.82) is 0 Å². The fourth-order valence-electron chi connectivity index (χ4n) is 1.55. The largest absolute Gasteiger partial charge is 0.508 e. The highest BCUT2D eigenvalue weighted by Gasteiger charge is 2.05. The second-order valence-electron chi connectivity index (χ2n) is 3.84. The Morgan fingerprint density at radius 2 is 1.89 bits per heavy atom. The Bertz CT molecular complexity index is 552. The Morgan fingerprint density at radius 3 is 2.56 bits per heavy atom. The molecule has 0 aromatic heterocycles. The van der Waals surface area contributed by atoms with E-state index in [0.717, 1.165) is 16.6 Å². The van der Waals surface area contributed by atoms with E-state index in [9.17, 15) is 4.79 Å². The van der Waals surface area contributed by atoms with Gasteiger partial charge in [-0.15, -0.1) is 0 Å². The van der Waals surface area contributed by atoms with Gasteiger partial charge in [-0.2, -0.15) is 0 Å². The standard InChI is InChI=1S/C14H12BrNO2/c15-9-10-2-1-3-12(8-10)16-14(18)11-4-6-13(17)7-5-11/h1-8,17H,9H2,(H,16,18). The van der Waals surface area contributed by atoms with Crippen molar-refractivity contribution in [3.8, 4) is 5.75 Å². The zero-order chi connectivity index (χ0) is 13.0. The summed E-state index contributed by atoms with van der Waals surface area (Å²) >= 11 is 3.37. The van der Waals surface area contributed by atoms with Gasteiger partial charge >= 0.3 is 0 Å². The Kier molecular flexibility index (Phi) is 3.99. The van der Waals surface area contributed by atoms with Gasteiger partial charge in [0.15, 0.2) is 0 Å². The number of amides is 1. The summed E-state index contributed by atoms with van der Waals surface area (Å²) in [5.74, 6) is -0.0467. The Hall–Kier alpha value is -1.81. The van der Waals surface area contributed by atoms with E-state index in [-0.39, 0.29) is 11.7 Å². The molecule has 1 amide bonds. The van der Waals surface area contributed by atoms with Crippen LogP contribution >= 0.6 is 15.9 Å². The molecule has 0 fully saturated rings. The molecule has 0 bridgehead atoms. The molecule has 2 aromatic rings. The van der Waals surface area contributed by atoms with Crippen LogP contribution in [-0.2, 0) is 5.33 Å². The first-order chi connectivity index (χ1) is 8.69. The van der Waals surface area contributed by atoms with E-state index in [4.69, 9.17) is 5.11 Å². The predicted molar refractivity (Wildman–Crippen MR) is 75.1 cm³/mol. The summed E-state index contributed by atoms with van der Waals surface area (Å²) in [6.45, 7) is 0. The number of hydrogen-bond acceptors (Lipinski definition) is 2. The molecule has 4 heteroatoms. The third-order valence-corrected chi connectivity index (χ3v) is 3.12. The SMILES string of the molecule is O=C(Nc1cccc(CBr)c1)c1ccc(O)cc1. The van der Waals surface area contributed by atoms with Crippen LogP contribution in [0.2, 0.25) is 0 Å². The second kappa shape index (κ2) is 5.69. The number of nitrogens with one attached hydrogen (secondary N) is 1. The number of alkyl halides is 1. The van der Waals surface area contributed by atoms with Crippen LogP contribution in [0.3, 0.4) is 0 Å². The second-order valence-corrected chi connectivity index (χ2v) is 4.40. The molecule has 2 N–H and O–H groups in total. The maximum absolute atomic E-state index is 11.9. The van der Waals surface area contributed by atoms with Crippen LogP contribution in [0.15, 0.2) is 48.5 Å². The number of hydrogen-bond donors (Lipinski definition) is 2. The van der Waals surface area contributed by atoms with Crippen molar-refractivity contribution in [2.45, 2.75) is 5.33 Å². The van der Waals surface area contributed by atoms with E-state index in [1.807, 2.05) is 24.3 Å². The van der Waals surface area contributed by atoms with Crippen LogP contribution in [0.1, 0.15) is 15.9 Å². The van der Waals surface area contributed by atoms with Gasteiger partial charge in [0.25, 0.3) is 5.91 Å². The molecule has 0 aliphatic heterocycles. The normalized spacial score (nSPS) is 10.1. The third-order valence-electron chi connectivity index (χ3n) is 2.47. The summed E-state index contributed by atoms with van der Waals surface area (Å²) in [7, 11) is 0. The molecule has 0 saturated heterocycles. The molecule has 0 saturated carbocycles. The number of rotatable bonds is 3. The quantitative estimate of drug-likeness (QED) is 0.852. The first-order valence-electron chi connectivity index (χ1n) is 5.44. The molecule has 0 radical (unpaired) electrons. The summed E-state index contributed by atoms with van der Waals surface area (Å²) in [6.07, 6.45) is 0. The lowest BCUT2D eigenvalue weighted by Crippen LogP contribution is -2.11. The van der Waals surface area contributed by atoms with Crippen LogP contribution in [0, 0.1) is 0 Å². The Balaban J connectivity index is 2.13. The lowest BCUT2D eigenvalue weighted by molar-refractivity contribution is 0.102. The van der Waals surface area contributed by atoms with E-state index in [2.05, 4.69) is 21.2 Å². The summed E-state index contributed by atoms with van der Waals surface area (Å²) in [5, 5.41) is 12.7. The molecule has 0 atom stereocenters. The maximum Gasteiger partial charge on any atom is 0.255 e. The number of carbonyl (C=O) groups excluding carboxylic acids is 1. The van der Waals surface area contributed by atoms with E-state index in [0.29, 0.717) is 5.56 Å². The highest BCUT2D eigenvalue weighted by atomic mass is 79.9. The highest BCUT2D eigenvalue weighted by molar-refractivity contribution is 9.08. The average Bonchev–Trinajstić information content (AvgIpc) is 2.39. The topological polar surface area (TPSA) is 49.3 Å². The van der Waals surface area contributed by atoms with Gasteiger partial charge in [-0.05, 0) is 42.0 Å². The Labute approximate surface area is 114 Å².